The van der Waals surface area contributed by atoms with Gasteiger partial charge in [0.05, 0.1) is 16.4 Å². The Bertz CT molecular complexity index is 910. The molecule has 1 aromatic carbocycles. The molecular weight excluding hydrogens is 332 g/mol. The molecule has 0 saturated heterocycles. The highest BCUT2D eigenvalue weighted by atomic mass is 32.1. The van der Waals surface area contributed by atoms with Gasteiger partial charge < -0.3 is 5.32 Å². The number of hydrogen-bond acceptors (Lipinski definition) is 4. The van der Waals surface area contributed by atoms with Gasteiger partial charge in [0.15, 0.2) is 5.69 Å². The monoisotopic (exact) mass is 354 g/mol. The lowest BCUT2D eigenvalue weighted by Crippen LogP contribution is -2.26. The molecule has 3 aromatic rings. The van der Waals surface area contributed by atoms with E-state index in [-0.39, 0.29) is 5.91 Å². The fourth-order valence-corrected chi connectivity index (χ4v) is 3.31. The first-order valence-electron chi connectivity index (χ1n) is 8.25. The number of hydrogen-bond donors (Lipinski definition) is 1. The molecule has 0 fully saturated rings. The van der Waals surface area contributed by atoms with Gasteiger partial charge in [-0.15, -0.1) is 11.3 Å². The summed E-state index contributed by atoms with van der Waals surface area (Å²) in [5, 5.41) is 10.4. The van der Waals surface area contributed by atoms with Gasteiger partial charge in [0.2, 0.25) is 0 Å². The second-order valence-electron chi connectivity index (χ2n) is 6.20. The third-order valence-electron chi connectivity index (χ3n) is 4.25. The molecule has 2 aromatic heterocycles. The highest BCUT2D eigenvalue weighted by Crippen LogP contribution is 2.22. The Morgan fingerprint density at radius 2 is 2.00 bits per heavy atom. The Labute approximate surface area is 151 Å². The van der Waals surface area contributed by atoms with Gasteiger partial charge in [-0.25, -0.2) is 4.98 Å². The minimum Gasteiger partial charge on any atom is -0.350 e. The summed E-state index contributed by atoms with van der Waals surface area (Å²) in [5.74, 6) is -0.155. The number of aromatic nitrogens is 3. The summed E-state index contributed by atoms with van der Waals surface area (Å²) in [4.78, 5) is 16.8. The molecule has 2 heterocycles. The molecule has 0 aliphatic carbocycles. The highest BCUT2D eigenvalue weighted by Gasteiger charge is 2.14. The molecule has 1 N–H and O–H groups in total. The van der Waals surface area contributed by atoms with Gasteiger partial charge in [-0.2, -0.15) is 5.10 Å². The molecule has 130 valence electrons. The van der Waals surface area contributed by atoms with E-state index in [1.807, 2.05) is 25.4 Å². The van der Waals surface area contributed by atoms with Crippen LogP contribution in [0.25, 0.3) is 11.3 Å². The molecule has 0 spiro atoms. The Balaban J connectivity index is 1.68. The van der Waals surface area contributed by atoms with E-state index in [0.717, 1.165) is 28.4 Å². The molecule has 0 bridgehead atoms. The first-order valence-corrected chi connectivity index (χ1v) is 9.13. The van der Waals surface area contributed by atoms with E-state index in [4.69, 9.17) is 0 Å². The Morgan fingerprint density at radius 1 is 1.20 bits per heavy atom. The number of carbonyl (C=O) groups excluding carboxylic acids is 1. The van der Waals surface area contributed by atoms with E-state index in [2.05, 4.69) is 47.4 Å². The second kappa shape index (κ2) is 7.19. The lowest BCUT2D eigenvalue weighted by Gasteiger charge is -2.05. The standard InChI is InChI=1S/C19H22N4OS/c1-12-5-6-15(9-13(12)2)18-10-17(22-23(18)4)19(24)20-8-7-16-11-25-14(3)21-16/h5-6,9-11H,7-8H2,1-4H3,(H,20,24). The largest absolute Gasteiger partial charge is 0.350 e. The van der Waals surface area contributed by atoms with Gasteiger partial charge in [-0.1, -0.05) is 12.1 Å². The first-order chi connectivity index (χ1) is 11.9. The van der Waals surface area contributed by atoms with Gasteiger partial charge in [-0.3, -0.25) is 9.48 Å². The fraction of sp³-hybridized carbons (Fsp3) is 0.316. The lowest BCUT2D eigenvalue weighted by molar-refractivity contribution is 0.0948. The quantitative estimate of drug-likeness (QED) is 0.763. The number of nitrogens with one attached hydrogen (secondary N) is 1. The molecule has 5 nitrogen and oxygen atoms in total. The molecule has 0 aliphatic heterocycles. The molecule has 0 atom stereocenters. The number of thiazole rings is 1. The molecule has 6 heteroatoms. The minimum atomic E-state index is -0.155. The SMILES string of the molecule is Cc1nc(CCNC(=O)c2cc(-c3ccc(C)c(C)c3)n(C)n2)cs1. The van der Waals surface area contributed by atoms with Crippen molar-refractivity contribution in [1.82, 2.24) is 20.1 Å². The molecule has 25 heavy (non-hydrogen) atoms. The first kappa shape index (κ1) is 17.4. The smallest absolute Gasteiger partial charge is 0.271 e. The number of rotatable bonds is 5. The summed E-state index contributed by atoms with van der Waals surface area (Å²) in [5.41, 5.74) is 5.92. The molecule has 0 aliphatic rings. The van der Waals surface area contributed by atoms with Crippen LogP contribution in [0.4, 0.5) is 0 Å². The Morgan fingerprint density at radius 3 is 2.68 bits per heavy atom. The van der Waals surface area contributed by atoms with E-state index in [1.54, 1.807) is 16.0 Å². The predicted octanol–water partition coefficient (Wildman–Crippen LogP) is 3.44. The molecular formula is C19H22N4OS. The van der Waals surface area contributed by atoms with Crippen molar-refractivity contribution >= 4 is 17.2 Å². The zero-order chi connectivity index (χ0) is 18.0. The zero-order valence-electron chi connectivity index (χ0n) is 15.0. The summed E-state index contributed by atoms with van der Waals surface area (Å²) in [6.45, 7) is 6.71. The number of benzene rings is 1. The normalized spacial score (nSPS) is 10.9. The van der Waals surface area contributed by atoms with Crippen LogP contribution < -0.4 is 5.32 Å². The summed E-state index contributed by atoms with van der Waals surface area (Å²) < 4.78 is 1.75. The Hall–Kier alpha value is -2.47. The third kappa shape index (κ3) is 3.96. The zero-order valence-corrected chi connectivity index (χ0v) is 15.8. The minimum absolute atomic E-state index is 0.155. The van der Waals surface area contributed by atoms with Crippen LogP contribution in [0.1, 0.15) is 32.3 Å². The van der Waals surface area contributed by atoms with E-state index in [1.165, 1.54) is 11.1 Å². The number of nitrogens with zero attached hydrogens (tertiary/aromatic N) is 3. The van der Waals surface area contributed by atoms with Crippen LogP contribution in [0, 0.1) is 20.8 Å². The predicted molar refractivity (Wildman–Crippen MR) is 101 cm³/mol. The van der Waals surface area contributed by atoms with Crippen LogP contribution in [-0.4, -0.2) is 27.2 Å². The molecule has 1 amide bonds. The van der Waals surface area contributed by atoms with Crippen LogP contribution in [0.3, 0.4) is 0 Å². The van der Waals surface area contributed by atoms with Crippen LogP contribution in [0.5, 0.6) is 0 Å². The van der Waals surface area contributed by atoms with Gasteiger partial charge in [0.25, 0.3) is 5.91 Å². The van der Waals surface area contributed by atoms with Gasteiger partial charge in [-0.05, 0) is 44.0 Å². The molecule has 3 rings (SSSR count). The highest BCUT2D eigenvalue weighted by molar-refractivity contribution is 7.09. The molecule has 0 radical (unpaired) electrons. The summed E-state index contributed by atoms with van der Waals surface area (Å²) >= 11 is 1.63. The van der Waals surface area contributed by atoms with Crippen LogP contribution in [-0.2, 0) is 13.5 Å². The van der Waals surface area contributed by atoms with Gasteiger partial charge in [0.1, 0.15) is 0 Å². The van der Waals surface area contributed by atoms with Crippen molar-refractivity contribution in [1.29, 1.82) is 0 Å². The van der Waals surface area contributed by atoms with Crippen molar-refractivity contribution in [2.45, 2.75) is 27.2 Å². The van der Waals surface area contributed by atoms with Crippen LogP contribution in [0.2, 0.25) is 0 Å². The van der Waals surface area contributed by atoms with E-state index in [0.29, 0.717) is 12.2 Å². The van der Waals surface area contributed by atoms with E-state index in [9.17, 15) is 4.79 Å². The van der Waals surface area contributed by atoms with Crippen molar-refractivity contribution in [3.63, 3.8) is 0 Å². The average Bonchev–Trinajstić information content (AvgIpc) is 3.16. The average molecular weight is 354 g/mol. The van der Waals surface area contributed by atoms with E-state index < -0.39 is 0 Å². The maximum atomic E-state index is 12.4. The maximum Gasteiger partial charge on any atom is 0.271 e. The lowest BCUT2D eigenvalue weighted by atomic mass is 10.0. The van der Waals surface area contributed by atoms with Crippen molar-refractivity contribution in [3.05, 3.63) is 57.2 Å². The molecule has 0 unspecified atom stereocenters. The Kier molecular flexibility index (Phi) is 4.99. The van der Waals surface area contributed by atoms with Crippen molar-refractivity contribution in [2.24, 2.45) is 7.05 Å². The third-order valence-corrected chi connectivity index (χ3v) is 5.07. The summed E-state index contributed by atoms with van der Waals surface area (Å²) in [6.07, 6.45) is 0.729. The van der Waals surface area contributed by atoms with Crippen LogP contribution >= 0.6 is 11.3 Å². The second-order valence-corrected chi connectivity index (χ2v) is 7.26. The van der Waals surface area contributed by atoms with Gasteiger partial charge >= 0.3 is 0 Å². The van der Waals surface area contributed by atoms with Crippen LogP contribution in [0.15, 0.2) is 29.6 Å². The van der Waals surface area contributed by atoms with Gasteiger partial charge in [0, 0.05) is 31.0 Å². The summed E-state index contributed by atoms with van der Waals surface area (Å²) in [6, 6.07) is 8.11. The van der Waals surface area contributed by atoms with E-state index >= 15 is 0 Å². The van der Waals surface area contributed by atoms with Crippen molar-refractivity contribution in [3.8, 4) is 11.3 Å². The fourth-order valence-electron chi connectivity index (χ4n) is 2.67. The maximum absolute atomic E-state index is 12.4. The molecule has 0 saturated carbocycles. The topological polar surface area (TPSA) is 59.8 Å². The number of aryl methyl sites for hydroxylation is 4. The number of amides is 1. The van der Waals surface area contributed by atoms with Crippen molar-refractivity contribution in [2.75, 3.05) is 6.54 Å². The summed E-state index contributed by atoms with van der Waals surface area (Å²) in [7, 11) is 1.86. The van der Waals surface area contributed by atoms with Crippen molar-refractivity contribution < 1.29 is 4.79 Å². The number of carbonyl (C=O) groups is 1.